The van der Waals surface area contributed by atoms with Gasteiger partial charge in [0, 0.05) is 12.2 Å². The Kier molecular flexibility index (Phi) is 10.4. The second-order valence-corrected chi connectivity index (χ2v) is 3.20. The Morgan fingerprint density at radius 3 is 2.43 bits per heavy atom. The van der Waals surface area contributed by atoms with Crippen molar-refractivity contribution in [2.75, 3.05) is 12.8 Å². The smallest absolute Gasteiger partial charge is 0.321 e. The Morgan fingerprint density at radius 2 is 2.07 bits per heavy atom. The summed E-state index contributed by atoms with van der Waals surface area (Å²) >= 11 is 1.10. The second-order valence-electron chi connectivity index (χ2n) is 2.37. The average Bonchev–Trinajstić information content (AvgIpc) is 2.11. The summed E-state index contributed by atoms with van der Waals surface area (Å²) in [6.07, 6.45) is 0.407. The summed E-state index contributed by atoms with van der Waals surface area (Å²) in [5.41, 5.74) is 0. The third-order valence-corrected chi connectivity index (χ3v) is 2.28. The SMILES string of the molecule is CCC(=O)NSC[C@H](NC)C(=O)O.Cl. The van der Waals surface area contributed by atoms with Crippen LogP contribution in [-0.2, 0) is 9.59 Å². The van der Waals surface area contributed by atoms with Crippen LogP contribution in [0.5, 0.6) is 0 Å². The number of carboxylic acid groups (broad SMARTS) is 1. The van der Waals surface area contributed by atoms with Gasteiger partial charge in [-0.3, -0.25) is 9.59 Å². The highest BCUT2D eigenvalue weighted by atomic mass is 35.5. The van der Waals surface area contributed by atoms with Crippen molar-refractivity contribution in [3.05, 3.63) is 0 Å². The zero-order valence-electron chi connectivity index (χ0n) is 8.07. The van der Waals surface area contributed by atoms with E-state index in [-0.39, 0.29) is 18.3 Å². The molecular formula is C7H15ClN2O3S. The quantitative estimate of drug-likeness (QED) is 0.583. The van der Waals surface area contributed by atoms with Crippen molar-refractivity contribution >= 4 is 36.2 Å². The number of carbonyl (C=O) groups excluding carboxylic acids is 1. The predicted octanol–water partition coefficient (Wildman–Crippen LogP) is 0.255. The van der Waals surface area contributed by atoms with Gasteiger partial charge in [0.15, 0.2) is 0 Å². The Labute approximate surface area is 93.6 Å². The number of aliphatic carboxylic acids is 1. The van der Waals surface area contributed by atoms with Gasteiger partial charge in [-0.15, -0.1) is 12.4 Å². The zero-order valence-corrected chi connectivity index (χ0v) is 9.70. The van der Waals surface area contributed by atoms with Gasteiger partial charge in [0.2, 0.25) is 5.91 Å². The summed E-state index contributed by atoms with van der Waals surface area (Å²) in [6.45, 7) is 1.74. The molecule has 0 aromatic heterocycles. The number of hydrogen-bond acceptors (Lipinski definition) is 4. The molecule has 84 valence electrons. The van der Waals surface area contributed by atoms with Gasteiger partial charge in [0.25, 0.3) is 0 Å². The van der Waals surface area contributed by atoms with Crippen LogP contribution in [-0.4, -0.2) is 35.8 Å². The van der Waals surface area contributed by atoms with E-state index in [1.807, 2.05) is 0 Å². The van der Waals surface area contributed by atoms with Crippen molar-refractivity contribution in [3.63, 3.8) is 0 Å². The van der Waals surface area contributed by atoms with Gasteiger partial charge in [-0.25, -0.2) is 0 Å². The summed E-state index contributed by atoms with van der Waals surface area (Å²) in [7, 11) is 1.57. The second kappa shape index (κ2) is 9.11. The van der Waals surface area contributed by atoms with E-state index in [0.29, 0.717) is 12.2 Å². The van der Waals surface area contributed by atoms with E-state index in [1.165, 1.54) is 0 Å². The highest BCUT2D eigenvalue weighted by molar-refractivity contribution is 7.98. The third kappa shape index (κ3) is 6.99. The molecule has 3 N–H and O–H groups in total. The number of halogens is 1. The monoisotopic (exact) mass is 242 g/mol. The number of nitrogens with one attached hydrogen (secondary N) is 2. The van der Waals surface area contributed by atoms with E-state index in [9.17, 15) is 9.59 Å². The molecule has 0 bridgehead atoms. The first kappa shape index (κ1) is 16.0. The van der Waals surface area contributed by atoms with Crippen molar-refractivity contribution in [2.24, 2.45) is 0 Å². The minimum atomic E-state index is -0.916. The van der Waals surface area contributed by atoms with Crippen LogP contribution in [0.1, 0.15) is 13.3 Å². The van der Waals surface area contributed by atoms with E-state index >= 15 is 0 Å². The van der Waals surface area contributed by atoms with Crippen LogP contribution in [0.3, 0.4) is 0 Å². The Hall–Kier alpha value is -0.460. The van der Waals surface area contributed by atoms with E-state index in [0.717, 1.165) is 11.9 Å². The van der Waals surface area contributed by atoms with Crippen molar-refractivity contribution < 1.29 is 14.7 Å². The van der Waals surface area contributed by atoms with E-state index in [2.05, 4.69) is 10.0 Å². The maximum Gasteiger partial charge on any atom is 0.321 e. The zero-order chi connectivity index (χ0) is 10.3. The van der Waals surface area contributed by atoms with Crippen LogP contribution in [0.4, 0.5) is 0 Å². The Morgan fingerprint density at radius 1 is 1.50 bits per heavy atom. The molecule has 1 amide bonds. The fourth-order valence-electron chi connectivity index (χ4n) is 0.556. The van der Waals surface area contributed by atoms with Crippen LogP contribution in [0, 0.1) is 0 Å². The van der Waals surface area contributed by atoms with Crippen molar-refractivity contribution in [1.82, 2.24) is 10.0 Å². The van der Waals surface area contributed by atoms with Crippen molar-refractivity contribution in [3.8, 4) is 0 Å². The van der Waals surface area contributed by atoms with Crippen molar-refractivity contribution in [2.45, 2.75) is 19.4 Å². The summed E-state index contributed by atoms with van der Waals surface area (Å²) in [6, 6.07) is -0.623. The topological polar surface area (TPSA) is 78.4 Å². The number of carboxylic acids is 1. The molecule has 7 heteroatoms. The molecule has 0 rings (SSSR count). The number of amides is 1. The molecule has 0 aliphatic carbocycles. The molecule has 0 saturated heterocycles. The molecule has 0 aliphatic rings. The molecule has 0 saturated carbocycles. The van der Waals surface area contributed by atoms with Gasteiger partial charge >= 0.3 is 5.97 Å². The first-order valence-corrected chi connectivity index (χ1v) is 4.91. The minimum Gasteiger partial charge on any atom is -0.480 e. The van der Waals surface area contributed by atoms with Crippen molar-refractivity contribution in [1.29, 1.82) is 0 Å². The molecule has 1 atom stereocenters. The first-order valence-electron chi connectivity index (χ1n) is 3.92. The molecule has 0 aromatic rings. The molecule has 0 spiro atoms. The lowest BCUT2D eigenvalue weighted by Gasteiger charge is -2.10. The fourth-order valence-corrected chi connectivity index (χ4v) is 1.42. The molecule has 0 fully saturated rings. The molecule has 0 unspecified atom stereocenters. The lowest BCUT2D eigenvalue weighted by atomic mass is 10.3. The maximum atomic E-state index is 10.8. The van der Waals surface area contributed by atoms with Gasteiger partial charge in [0.1, 0.15) is 6.04 Å². The highest BCUT2D eigenvalue weighted by Gasteiger charge is 2.14. The lowest BCUT2D eigenvalue weighted by Crippen LogP contribution is -2.37. The molecule has 0 aliphatic heterocycles. The molecule has 0 aromatic carbocycles. The number of likely N-dealkylation sites (N-methyl/N-ethyl adjacent to an activating group) is 1. The van der Waals surface area contributed by atoms with E-state index in [4.69, 9.17) is 5.11 Å². The molecule has 0 heterocycles. The summed E-state index contributed by atoms with van der Waals surface area (Å²) < 4.78 is 2.53. The molecular weight excluding hydrogens is 228 g/mol. The standard InChI is InChI=1S/C7H14N2O3S.ClH/c1-3-6(10)9-13-4-5(8-2)7(11)12;/h5,8H,3-4H2,1-2H3,(H,9,10)(H,11,12);1H/t5-;/m0./s1. The minimum absolute atomic E-state index is 0. The number of hydrogen-bond donors (Lipinski definition) is 3. The third-order valence-electron chi connectivity index (χ3n) is 1.40. The van der Waals surface area contributed by atoms with Crippen LogP contribution >= 0.6 is 24.4 Å². The van der Waals surface area contributed by atoms with Crippen LogP contribution in [0.15, 0.2) is 0 Å². The molecule has 5 nitrogen and oxygen atoms in total. The first-order chi connectivity index (χ1) is 6.11. The summed E-state index contributed by atoms with van der Waals surface area (Å²) in [5, 5.41) is 11.2. The van der Waals surface area contributed by atoms with Gasteiger partial charge in [-0.05, 0) is 19.0 Å². The fraction of sp³-hybridized carbons (Fsp3) is 0.714. The summed E-state index contributed by atoms with van der Waals surface area (Å²) in [5.74, 6) is -0.691. The van der Waals surface area contributed by atoms with Gasteiger partial charge < -0.3 is 15.1 Å². The lowest BCUT2D eigenvalue weighted by molar-refractivity contribution is -0.138. The van der Waals surface area contributed by atoms with Crippen LogP contribution < -0.4 is 10.0 Å². The molecule has 14 heavy (non-hydrogen) atoms. The Bertz CT molecular complexity index is 192. The van der Waals surface area contributed by atoms with E-state index < -0.39 is 12.0 Å². The average molecular weight is 243 g/mol. The van der Waals surface area contributed by atoms with Crippen LogP contribution in [0.2, 0.25) is 0 Å². The maximum absolute atomic E-state index is 10.8. The molecule has 0 radical (unpaired) electrons. The highest BCUT2D eigenvalue weighted by Crippen LogP contribution is 1.98. The largest absolute Gasteiger partial charge is 0.480 e. The van der Waals surface area contributed by atoms with Gasteiger partial charge in [0.05, 0.1) is 0 Å². The van der Waals surface area contributed by atoms with Crippen LogP contribution in [0.25, 0.3) is 0 Å². The number of carbonyl (C=O) groups is 2. The van der Waals surface area contributed by atoms with Gasteiger partial charge in [-0.2, -0.15) is 0 Å². The van der Waals surface area contributed by atoms with Gasteiger partial charge in [-0.1, -0.05) is 6.92 Å². The normalized spacial score (nSPS) is 11.3. The van der Waals surface area contributed by atoms with E-state index in [1.54, 1.807) is 14.0 Å². The predicted molar refractivity (Wildman–Crippen MR) is 58.6 cm³/mol. The summed E-state index contributed by atoms with van der Waals surface area (Å²) in [4.78, 5) is 21.2. The Balaban J connectivity index is 0. The number of rotatable bonds is 6.